The molecule has 13 heavy (non-hydrogen) atoms. The average Bonchev–Trinajstić information content (AvgIpc) is 2.09. The molecule has 0 amide bonds. The van der Waals surface area contributed by atoms with Gasteiger partial charge in [-0.05, 0) is 32.6 Å². The molecule has 0 aromatic carbocycles. The quantitative estimate of drug-likeness (QED) is 0.411. The van der Waals surface area contributed by atoms with Crippen LogP contribution in [0.1, 0.15) is 58.8 Å². The molecule has 0 aromatic heterocycles. The largest absolute Gasteiger partial charge is 0.300 e. The number of allylic oxidation sites excluding steroid dienone is 2. The van der Waals surface area contributed by atoms with Crippen molar-refractivity contribution < 1.29 is 4.79 Å². The average molecular weight is 182 g/mol. The molecule has 0 heterocycles. The summed E-state index contributed by atoms with van der Waals surface area (Å²) < 4.78 is 0. The van der Waals surface area contributed by atoms with Crippen molar-refractivity contribution in [1.29, 1.82) is 0 Å². The minimum absolute atomic E-state index is 0.325. The van der Waals surface area contributed by atoms with Gasteiger partial charge in [0.1, 0.15) is 5.78 Å². The molecule has 0 fully saturated rings. The Kier molecular flexibility index (Phi) is 9.07. The van der Waals surface area contributed by atoms with Crippen molar-refractivity contribution in [2.24, 2.45) is 0 Å². The number of ketones is 1. The first kappa shape index (κ1) is 12.4. The van der Waals surface area contributed by atoms with E-state index >= 15 is 0 Å². The highest BCUT2D eigenvalue weighted by molar-refractivity contribution is 5.75. The molecule has 1 nitrogen and oxygen atoms in total. The van der Waals surface area contributed by atoms with E-state index in [1.807, 2.05) is 0 Å². The van der Waals surface area contributed by atoms with E-state index < -0.39 is 0 Å². The Balaban J connectivity index is 2.99. The second-order valence-corrected chi connectivity index (χ2v) is 3.53. The molecule has 0 bridgehead atoms. The van der Waals surface area contributed by atoms with E-state index in [0.717, 1.165) is 19.3 Å². The minimum atomic E-state index is 0.325. The van der Waals surface area contributed by atoms with Gasteiger partial charge in [0.05, 0.1) is 0 Å². The highest BCUT2D eigenvalue weighted by Crippen LogP contribution is 2.06. The van der Waals surface area contributed by atoms with Crippen molar-refractivity contribution in [2.45, 2.75) is 58.8 Å². The molecule has 0 atom stereocenters. The third kappa shape index (κ3) is 11.4. The van der Waals surface area contributed by atoms with E-state index in [9.17, 15) is 4.79 Å². The summed E-state index contributed by atoms with van der Waals surface area (Å²) in [5, 5.41) is 0. The lowest BCUT2D eigenvalue weighted by atomic mass is 10.1. The van der Waals surface area contributed by atoms with E-state index in [-0.39, 0.29) is 0 Å². The molecule has 0 radical (unpaired) electrons. The van der Waals surface area contributed by atoms with Crippen LogP contribution in [0.15, 0.2) is 12.2 Å². The van der Waals surface area contributed by atoms with Crippen molar-refractivity contribution in [3.05, 3.63) is 12.2 Å². The lowest BCUT2D eigenvalue weighted by molar-refractivity contribution is -0.117. The van der Waals surface area contributed by atoms with Gasteiger partial charge in [-0.2, -0.15) is 0 Å². The third-order valence-electron chi connectivity index (χ3n) is 2.05. The standard InChI is InChI=1S/C12H22O/c1-3-4-5-6-7-8-9-10-11-12(2)13/h4-5H,3,6-11H2,1-2H3. The SMILES string of the molecule is CCC=CCCCCCCC(C)=O. The first-order valence-corrected chi connectivity index (χ1v) is 5.41. The maximum Gasteiger partial charge on any atom is 0.129 e. The fraction of sp³-hybridized carbons (Fsp3) is 0.750. The van der Waals surface area contributed by atoms with Gasteiger partial charge < -0.3 is 4.79 Å². The summed E-state index contributed by atoms with van der Waals surface area (Å²) in [5.74, 6) is 0.325. The molecule has 0 N–H and O–H groups in total. The number of Topliss-reactive ketones (excluding diaryl/α,β-unsaturated/α-hetero) is 1. The highest BCUT2D eigenvalue weighted by atomic mass is 16.1. The topological polar surface area (TPSA) is 17.1 Å². The summed E-state index contributed by atoms with van der Waals surface area (Å²) in [6.07, 6.45) is 12.4. The predicted molar refractivity (Wildman–Crippen MR) is 57.8 cm³/mol. The lowest BCUT2D eigenvalue weighted by Crippen LogP contribution is -1.88. The molecule has 0 aliphatic rings. The van der Waals surface area contributed by atoms with Crippen LogP contribution in [0, 0.1) is 0 Å². The Morgan fingerprint density at radius 1 is 1.08 bits per heavy atom. The van der Waals surface area contributed by atoms with Crippen molar-refractivity contribution in [3.63, 3.8) is 0 Å². The van der Waals surface area contributed by atoms with Gasteiger partial charge in [0, 0.05) is 6.42 Å². The predicted octanol–water partition coefficient (Wildman–Crippen LogP) is 3.88. The van der Waals surface area contributed by atoms with Crippen molar-refractivity contribution in [1.82, 2.24) is 0 Å². The maximum absolute atomic E-state index is 10.6. The van der Waals surface area contributed by atoms with Crippen LogP contribution >= 0.6 is 0 Å². The zero-order valence-electron chi connectivity index (χ0n) is 9.01. The van der Waals surface area contributed by atoms with E-state index in [1.165, 1.54) is 25.7 Å². The molecule has 0 unspecified atom stereocenters. The second kappa shape index (κ2) is 9.50. The van der Waals surface area contributed by atoms with Gasteiger partial charge in [-0.3, -0.25) is 0 Å². The number of carbonyl (C=O) groups excluding carboxylic acids is 1. The fourth-order valence-corrected chi connectivity index (χ4v) is 1.27. The molecule has 0 spiro atoms. The number of hydrogen-bond acceptors (Lipinski definition) is 1. The van der Waals surface area contributed by atoms with Crippen molar-refractivity contribution >= 4 is 5.78 Å². The van der Waals surface area contributed by atoms with E-state index in [1.54, 1.807) is 6.92 Å². The summed E-state index contributed by atoms with van der Waals surface area (Å²) in [7, 11) is 0. The Labute approximate surface area is 82.2 Å². The van der Waals surface area contributed by atoms with Gasteiger partial charge in [0.25, 0.3) is 0 Å². The molecule has 1 heteroatoms. The number of carbonyl (C=O) groups is 1. The normalized spacial score (nSPS) is 10.9. The summed E-state index contributed by atoms with van der Waals surface area (Å²) >= 11 is 0. The Hall–Kier alpha value is -0.590. The molecule has 0 saturated carbocycles. The van der Waals surface area contributed by atoms with E-state index in [4.69, 9.17) is 0 Å². The maximum atomic E-state index is 10.6. The summed E-state index contributed by atoms with van der Waals surface area (Å²) in [6, 6.07) is 0. The molecular formula is C12H22O. The highest BCUT2D eigenvalue weighted by Gasteiger charge is 1.92. The van der Waals surface area contributed by atoms with Crippen LogP contribution in [-0.2, 0) is 4.79 Å². The van der Waals surface area contributed by atoms with Gasteiger partial charge in [-0.15, -0.1) is 0 Å². The summed E-state index contributed by atoms with van der Waals surface area (Å²) in [6.45, 7) is 3.83. The van der Waals surface area contributed by atoms with Crippen LogP contribution < -0.4 is 0 Å². The van der Waals surface area contributed by atoms with Gasteiger partial charge in [0.15, 0.2) is 0 Å². The van der Waals surface area contributed by atoms with Gasteiger partial charge >= 0.3 is 0 Å². The van der Waals surface area contributed by atoms with Crippen LogP contribution in [0.5, 0.6) is 0 Å². The number of hydrogen-bond donors (Lipinski definition) is 0. The number of unbranched alkanes of at least 4 members (excludes halogenated alkanes) is 4. The van der Waals surface area contributed by atoms with Crippen molar-refractivity contribution in [2.75, 3.05) is 0 Å². The Morgan fingerprint density at radius 3 is 2.38 bits per heavy atom. The molecule has 0 aromatic rings. The van der Waals surface area contributed by atoms with Crippen LogP contribution in [0.3, 0.4) is 0 Å². The van der Waals surface area contributed by atoms with Crippen LogP contribution in [0.4, 0.5) is 0 Å². The smallest absolute Gasteiger partial charge is 0.129 e. The monoisotopic (exact) mass is 182 g/mol. The summed E-state index contributed by atoms with van der Waals surface area (Å²) in [4.78, 5) is 10.6. The molecule has 76 valence electrons. The van der Waals surface area contributed by atoms with Crippen LogP contribution in [0.2, 0.25) is 0 Å². The first-order chi connectivity index (χ1) is 6.27. The van der Waals surface area contributed by atoms with Crippen LogP contribution in [0.25, 0.3) is 0 Å². The zero-order valence-corrected chi connectivity index (χ0v) is 9.01. The summed E-state index contributed by atoms with van der Waals surface area (Å²) in [5.41, 5.74) is 0. The Morgan fingerprint density at radius 2 is 1.77 bits per heavy atom. The van der Waals surface area contributed by atoms with Gasteiger partial charge in [-0.25, -0.2) is 0 Å². The molecule has 0 rings (SSSR count). The third-order valence-corrected chi connectivity index (χ3v) is 2.05. The van der Waals surface area contributed by atoms with Gasteiger partial charge in [0.2, 0.25) is 0 Å². The van der Waals surface area contributed by atoms with Gasteiger partial charge in [-0.1, -0.05) is 31.9 Å². The zero-order chi connectivity index (χ0) is 9.94. The minimum Gasteiger partial charge on any atom is -0.300 e. The van der Waals surface area contributed by atoms with Crippen LogP contribution in [-0.4, -0.2) is 5.78 Å². The first-order valence-electron chi connectivity index (χ1n) is 5.41. The van der Waals surface area contributed by atoms with E-state index in [0.29, 0.717) is 5.78 Å². The lowest BCUT2D eigenvalue weighted by Gasteiger charge is -1.96. The fourth-order valence-electron chi connectivity index (χ4n) is 1.27. The molecule has 0 aliphatic carbocycles. The molecular weight excluding hydrogens is 160 g/mol. The molecule has 0 saturated heterocycles. The molecule has 0 aliphatic heterocycles. The van der Waals surface area contributed by atoms with E-state index in [2.05, 4.69) is 19.1 Å². The van der Waals surface area contributed by atoms with Crippen molar-refractivity contribution in [3.8, 4) is 0 Å². The number of rotatable bonds is 8. The second-order valence-electron chi connectivity index (χ2n) is 3.53. The Bertz CT molecular complexity index is 147.